The van der Waals surface area contributed by atoms with Crippen LogP contribution in [0.15, 0.2) is 126 Å². The third-order valence-corrected chi connectivity index (χ3v) is 6.75. The normalized spacial score (nSPS) is 11.3. The number of fused-ring (bicyclic) bond motifs is 1. The lowest BCUT2D eigenvalue weighted by molar-refractivity contribution is -0.110. The predicted octanol–water partition coefficient (Wildman–Crippen LogP) is 7.44. The zero-order valence-electron chi connectivity index (χ0n) is 20.6. The van der Waals surface area contributed by atoms with E-state index >= 15 is 0 Å². The van der Waals surface area contributed by atoms with Crippen LogP contribution in [0.5, 0.6) is 0 Å². The minimum atomic E-state index is -0.416. The van der Waals surface area contributed by atoms with E-state index in [1.807, 2.05) is 104 Å². The van der Waals surface area contributed by atoms with Crippen LogP contribution in [0.4, 0.5) is 11.4 Å². The first-order valence-electron chi connectivity index (χ1n) is 12.1. The second kappa shape index (κ2) is 11.4. The molecule has 0 aromatic heterocycles. The van der Waals surface area contributed by atoms with Gasteiger partial charge in [-0.05, 0) is 88.8 Å². The Kier molecular flexibility index (Phi) is 7.60. The Balaban J connectivity index is 1.58. The van der Waals surface area contributed by atoms with E-state index in [9.17, 15) is 9.59 Å². The molecule has 0 saturated carbocycles. The largest absolute Gasteiger partial charge is 0.321 e. The summed E-state index contributed by atoms with van der Waals surface area (Å²) in [7, 11) is 0. The van der Waals surface area contributed by atoms with E-state index in [2.05, 4.69) is 33.0 Å². The van der Waals surface area contributed by atoms with Crippen LogP contribution in [0.3, 0.4) is 0 Å². The van der Waals surface area contributed by atoms with Crippen molar-refractivity contribution in [3.8, 4) is 0 Å². The molecule has 5 nitrogen and oxygen atoms in total. The number of para-hydroxylation sites is 1. The first kappa shape index (κ1) is 25.4. The van der Waals surface area contributed by atoms with E-state index in [1.54, 1.807) is 24.3 Å². The summed E-state index contributed by atoms with van der Waals surface area (Å²) in [6.45, 7) is 1.98. The molecule has 0 heterocycles. The van der Waals surface area contributed by atoms with Gasteiger partial charge in [-0.3, -0.25) is 9.59 Å². The smallest absolute Gasteiger partial charge is 0.278 e. The number of hydrogen-bond donors (Lipinski definition) is 1. The molecule has 38 heavy (non-hydrogen) atoms. The fourth-order valence-electron chi connectivity index (χ4n) is 4.01. The zero-order valence-corrected chi connectivity index (χ0v) is 22.8. The van der Waals surface area contributed by atoms with Crippen molar-refractivity contribution in [2.45, 2.75) is 6.92 Å². The van der Waals surface area contributed by atoms with Gasteiger partial charge in [0.25, 0.3) is 11.8 Å². The van der Waals surface area contributed by atoms with Crippen molar-refractivity contribution in [2.24, 2.45) is 5.10 Å². The van der Waals surface area contributed by atoms with Gasteiger partial charge < -0.3 is 5.32 Å². The average Bonchev–Trinajstić information content (AvgIpc) is 2.95. The summed E-state index contributed by atoms with van der Waals surface area (Å²) < 4.78 is 1.02. The molecule has 2 amide bonds. The number of nitrogens with one attached hydrogen (secondary N) is 1. The van der Waals surface area contributed by atoms with E-state index in [0.29, 0.717) is 22.5 Å². The van der Waals surface area contributed by atoms with Gasteiger partial charge in [0.15, 0.2) is 5.71 Å². The lowest BCUT2D eigenvalue weighted by atomic mass is 10.1. The number of rotatable bonds is 6. The van der Waals surface area contributed by atoms with Crippen LogP contribution in [0, 0.1) is 10.5 Å². The minimum absolute atomic E-state index is 0.126. The van der Waals surface area contributed by atoms with Crippen LogP contribution in [-0.2, 0) is 4.79 Å². The van der Waals surface area contributed by atoms with Crippen molar-refractivity contribution in [1.82, 2.24) is 0 Å². The Morgan fingerprint density at radius 1 is 0.711 bits per heavy atom. The summed E-state index contributed by atoms with van der Waals surface area (Å²) in [6, 6.07) is 37.6. The molecular formula is C32H24IN3O2. The molecular weight excluding hydrogens is 585 g/mol. The third-order valence-electron chi connectivity index (χ3n) is 6.03. The summed E-state index contributed by atoms with van der Waals surface area (Å²) >= 11 is 2.20. The molecule has 0 spiro atoms. The van der Waals surface area contributed by atoms with Crippen LogP contribution in [0.25, 0.3) is 10.8 Å². The Bertz CT molecular complexity index is 1630. The fourth-order valence-corrected chi connectivity index (χ4v) is 4.37. The maximum Gasteiger partial charge on any atom is 0.278 e. The Hall–Kier alpha value is -4.30. The number of aryl methyl sites for hydroxylation is 1. The summed E-state index contributed by atoms with van der Waals surface area (Å²) in [5.74, 6) is -0.754. The molecule has 6 heteroatoms. The van der Waals surface area contributed by atoms with Crippen molar-refractivity contribution < 1.29 is 9.59 Å². The fraction of sp³-hybridized carbons (Fsp3) is 0.0312. The number of halogens is 1. The molecule has 0 aliphatic heterocycles. The second-order valence-electron chi connectivity index (χ2n) is 8.79. The molecule has 0 bridgehead atoms. The molecule has 0 radical (unpaired) electrons. The lowest BCUT2D eigenvalue weighted by Gasteiger charge is -2.20. The van der Waals surface area contributed by atoms with Crippen LogP contribution in [0.2, 0.25) is 0 Å². The van der Waals surface area contributed by atoms with Gasteiger partial charge in [0.2, 0.25) is 0 Å². The maximum atomic E-state index is 13.7. The van der Waals surface area contributed by atoms with Crippen molar-refractivity contribution >= 4 is 62.3 Å². The van der Waals surface area contributed by atoms with Gasteiger partial charge in [-0.1, -0.05) is 78.4 Å². The Morgan fingerprint density at radius 3 is 2.05 bits per heavy atom. The highest BCUT2D eigenvalue weighted by Gasteiger charge is 2.22. The molecule has 5 rings (SSSR count). The first-order chi connectivity index (χ1) is 18.5. The van der Waals surface area contributed by atoms with E-state index in [-0.39, 0.29) is 11.6 Å². The minimum Gasteiger partial charge on any atom is -0.321 e. The summed E-state index contributed by atoms with van der Waals surface area (Å²) in [6.07, 6.45) is 0. The highest BCUT2D eigenvalue weighted by Crippen LogP contribution is 2.22. The number of hydrazone groups is 1. The number of benzene rings is 5. The van der Waals surface area contributed by atoms with Crippen molar-refractivity contribution in [2.75, 3.05) is 10.3 Å². The van der Waals surface area contributed by atoms with E-state index in [4.69, 9.17) is 0 Å². The quantitative estimate of drug-likeness (QED) is 0.124. The summed E-state index contributed by atoms with van der Waals surface area (Å²) in [4.78, 5) is 27.4. The number of hydrogen-bond acceptors (Lipinski definition) is 3. The SMILES string of the molecule is Cc1ccc(C(=NN(C(=O)c2ccc(I)cc2)c2ccccc2)C(=O)Nc2ccc3ccccc3c2)cc1. The van der Waals surface area contributed by atoms with Crippen LogP contribution in [-0.4, -0.2) is 17.5 Å². The zero-order chi connectivity index (χ0) is 26.5. The molecule has 0 aliphatic rings. The summed E-state index contributed by atoms with van der Waals surface area (Å²) in [5.41, 5.74) is 3.45. The van der Waals surface area contributed by atoms with Crippen LogP contribution in [0.1, 0.15) is 21.5 Å². The number of amides is 2. The van der Waals surface area contributed by atoms with Crippen molar-refractivity contribution in [3.63, 3.8) is 0 Å². The first-order valence-corrected chi connectivity index (χ1v) is 13.2. The molecule has 0 saturated heterocycles. The summed E-state index contributed by atoms with van der Waals surface area (Å²) in [5, 5.41) is 11.1. The van der Waals surface area contributed by atoms with Gasteiger partial charge in [0.05, 0.1) is 5.69 Å². The van der Waals surface area contributed by atoms with Crippen LogP contribution >= 0.6 is 22.6 Å². The van der Waals surface area contributed by atoms with Crippen molar-refractivity contribution in [1.29, 1.82) is 0 Å². The topological polar surface area (TPSA) is 61.8 Å². The van der Waals surface area contributed by atoms with Gasteiger partial charge >= 0.3 is 0 Å². The van der Waals surface area contributed by atoms with Gasteiger partial charge in [0, 0.05) is 20.4 Å². The molecule has 0 atom stereocenters. The Morgan fingerprint density at radius 2 is 1.34 bits per heavy atom. The monoisotopic (exact) mass is 609 g/mol. The standard InChI is InChI=1S/C32H24IN3O2/c1-22-11-13-24(14-12-22)30(31(37)34-28-20-17-23-7-5-6-8-26(23)21-28)35-36(29-9-3-2-4-10-29)32(38)25-15-18-27(33)19-16-25/h2-21H,1H3,(H,34,37). The van der Waals surface area contributed by atoms with Crippen LogP contribution < -0.4 is 10.3 Å². The third kappa shape index (κ3) is 5.81. The average molecular weight is 609 g/mol. The molecule has 1 N–H and O–H groups in total. The Labute approximate surface area is 235 Å². The molecule has 186 valence electrons. The van der Waals surface area contributed by atoms with E-state index in [1.165, 1.54) is 5.01 Å². The molecule has 0 unspecified atom stereocenters. The number of carbonyl (C=O) groups is 2. The molecule has 5 aromatic carbocycles. The lowest BCUT2D eigenvalue weighted by Crippen LogP contribution is -2.32. The molecule has 0 aliphatic carbocycles. The molecule has 0 fully saturated rings. The number of anilines is 2. The van der Waals surface area contributed by atoms with Crippen molar-refractivity contribution in [3.05, 3.63) is 142 Å². The highest BCUT2D eigenvalue weighted by atomic mass is 127. The highest BCUT2D eigenvalue weighted by molar-refractivity contribution is 14.1. The van der Waals surface area contributed by atoms with E-state index < -0.39 is 5.91 Å². The predicted molar refractivity (Wildman–Crippen MR) is 163 cm³/mol. The van der Waals surface area contributed by atoms with Gasteiger partial charge in [-0.25, -0.2) is 0 Å². The van der Waals surface area contributed by atoms with Gasteiger partial charge in [0.1, 0.15) is 0 Å². The number of carbonyl (C=O) groups excluding carboxylic acids is 2. The second-order valence-corrected chi connectivity index (χ2v) is 10.0. The van der Waals surface area contributed by atoms with Gasteiger partial charge in [-0.15, -0.1) is 0 Å². The van der Waals surface area contributed by atoms with Gasteiger partial charge in [-0.2, -0.15) is 10.1 Å². The maximum absolute atomic E-state index is 13.7. The molecule has 5 aromatic rings. The number of nitrogens with zero attached hydrogens (tertiary/aromatic N) is 2. The van der Waals surface area contributed by atoms with E-state index in [0.717, 1.165) is 19.9 Å².